The predicted molar refractivity (Wildman–Crippen MR) is 153 cm³/mol. The zero-order valence-electron chi connectivity index (χ0n) is 21.0. The standard InChI is InChI=1S/C33H25N2OS.Pt/c1-33(2,24-13-4-3-5-14-24)27-17-9-16-26(31(27)36)32-35-30-25(15-10-19-29(30)37-32)22-11-8-12-23(21-22)28-18-6-7-20-34-28;/h3-20,36H,1-2H3;/q-1;. The number of thiazole rings is 1. The summed E-state index contributed by atoms with van der Waals surface area (Å²) < 4.78 is 1.07. The van der Waals surface area contributed by atoms with E-state index in [0.717, 1.165) is 54.3 Å². The number of aromatic hydroxyl groups is 1. The molecule has 0 saturated heterocycles. The first-order valence-corrected chi connectivity index (χ1v) is 13.1. The molecule has 0 unspecified atom stereocenters. The number of phenolic OH excluding ortho intramolecular Hbond substituents is 1. The monoisotopic (exact) mass is 692 g/mol. The second-order valence-electron chi connectivity index (χ2n) is 9.56. The fourth-order valence-electron chi connectivity index (χ4n) is 4.81. The van der Waals surface area contributed by atoms with Crippen LogP contribution in [0.1, 0.15) is 25.0 Å². The largest absolute Gasteiger partial charge is 0.507 e. The first kappa shape index (κ1) is 26.0. The van der Waals surface area contributed by atoms with E-state index in [4.69, 9.17) is 4.98 Å². The number of benzene rings is 4. The number of para-hydroxylation sites is 2. The zero-order chi connectivity index (χ0) is 25.4. The van der Waals surface area contributed by atoms with Gasteiger partial charge in [-0.2, -0.15) is 0 Å². The van der Waals surface area contributed by atoms with Crippen LogP contribution in [-0.2, 0) is 26.5 Å². The van der Waals surface area contributed by atoms with Gasteiger partial charge in [0.05, 0.1) is 11.1 Å². The fraction of sp³-hybridized carbons (Fsp3) is 0.0909. The molecule has 0 radical (unpaired) electrons. The molecule has 5 heteroatoms. The number of fused-ring (bicyclic) bond motifs is 1. The normalized spacial score (nSPS) is 11.3. The van der Waals surface area contributed by atoms with Crippen molar-refractivity contribution in [3.63, 3.8) is 0 Å². The topological polar surface area (TPSA) is 46.0 Å². The van der Waals surface area contributed by atoms with Crippen LogP contribution in [0.5, 0.6) is 5.75 Å². The van der Waals surface area contributed by atoms with Crippen molar-refractivity contribution < 1.29 is 26.2 Å². The van der Waals surface area contributed by atoms with Crippen molar-refractivity contribution in [2.75, 3.05) is 0 Å². The second kappa shape index (κ2) is 10.6. The summed E-state index contributed by atoms with van der Waals surface area (Å²) in [7, 11) is 0. The van der Waals surface area contributed by atoms with Gasteiger partial charge in [0.1, 0.15) is 10.8 Å². The molecule has 0 aliphatic heterocycles. The summed E-state index contributed by atoms with van der Waals surface area (Å²) in [6.45, 7) is 4.28. The van der Waals surface area contributed by atoms with Crippen LogP contribution in [0.15, 0.2) is 109 Å². The maximum Gasteiger partial charge on any atom is 0.129 e. The molecular weight excluding hydrogens is 668 g/mol. The maximum absolute atomic E-state index is 11.5. The van der Waals surface area contributed by atoms with Gasteiger partial charge in [-0.05, 0) is 23.8 Å². The summed E-state index contributed by atoms with van der Waals surface area (Å²) in [5.41, 5.74) is 7.14. The molecule has 1 N–H and O–H groups in total. The van der Waals surface area contributed by atoms with Crippen molar-refractivity contribution in [2.45, 2.75) is 19.3 Å². The summed E-state index contributed by atoms with van der Waals surface area (Å²) in [5, 5.41) is 12.3. The molecule has 0 aliphatic rings. The number of nitrogens with zero attached hydrogens (tertiary/aromatic N) is 2. The van der Waals surface area contributed by atoms with E-state index in [9.17, 15) is 5.11 Å². The van der Waals surface area contributed by atoms with Crippen LogP contribution in [0.3, 0.4) is 0 Å². The zero-order valence-corrected chi connectivity index (χ0v) is 24.0. The van der Waals surface area contributed by atoms with Crippen LogP contribution >= 0.6 is 11.3 Å². The Kier molecular flexibility index (Phi) is 7.29. The van der Waals surface area contributed by atoms with Crippen molar-refractivity contribution >= 4 is 21.6 Å². The van der Waals surface area contributed by atoms with E-state index in [2.05, 4.69) is 61.3 Å². The van der Waals surface area contributed by atoms with Crippen LogP contribution in [0.4, 0.5) is 0 Å². The molecule has 0 spiro atoms. The van der Waals surface area contributed by atoms with E-state index in [-0.39, 0.29) is 32.2 Å². The Morgan fingerprint density at radius 1 is 0.737 bits per heavy atom. The van der Waals surface area contributed by atoms with E-state index in [0.29, 0.717) is 0 Å². The number of aromatic nitrogens is 2. The van der Waals surface area contributed by atoms with E-state index in [1.54, 1.807) is 17.5 Å². The number of rotatable bonds is 5. The van der Waals surface area contributed by atoms with Gasteiger partial charge in [0, 0.05) is 48.6 Å². The van der Waals surface area contributed by atoms with E-state index >= 15 is 0 Å². The van der Waals surface area contributed by atoms with Crippen molar-refractivity contribution in [1.82, 2.24) is 9.97 Å². The first-order chi connectivity index (χ1) is 18.0. The molecule has 0 aliphatic carbocycles. The molecule has 6 rings (SSSR count). The van der Waals surface area contributed by atoms with Gasteiger partial charge < -0.3 is 5.11 Å². The Morgan fingerprint density at radius 2 is 1.45 bits per heavy atom. The second-order valence-corrected chi connectivity index (χ2v) is 10.6. The Morgan fingerprint density at radius 3 is 2.24 bits per heavy atom. The Balaban J connectivity index is 0.00000294. The molecule has 2 heterocycles. The quantitative estimate of drug-likeness (QED) is 0.184. The van der Waals surface area contributed by atoms with Gasteiger partial charge in [-0.1, -0.05) is 91.7 Å². The average Bonchev–Trinajstić information content (AvgIpc) is 3.38. The molecule has 190 valence electrons. The smallest absolute Gasteiger partial charge is 0.129 e. The van der Waals surface area contributed by atoms with Gasteiger partial charge in [0.15, 0.2) is 0 Å². The summed E-state index contributed by atoms with van der Waals surface area (Å²) in [4.78, 5) is 9.52. The van der Waals surface area contributed by atoms with E-state index in [1.165, 1.54) is 0 Å². The minimum absolute atomic E-state index is 0. The van der Waals surface area contributed by atoms with Crippen LogP contribution in [0.2, 0.25) is 0 Å². The van der Waals surface area contributed by atoms with Gasteiger partial charge in [-0.15, -0.1) is 41.2 Å². The predicted octanol–water partition coefficient (Wildman–Crippen LogP) is 8.52. The molecule has 0 saturated carbocycles. The van der Waals surface area contributed by atoms with Gasteiger partial charge in [0.25, 0.3) is 0 Å². The molecule has 38 heavy (non-hydrogen) atoms. The molecular formula is C33H25N2OPtS-. The molecule has 6 aromatic rings. The molecule has 4 aromatic carbocycles. The number of hydrogen-bond donors (Lipinski definition) is 1. The minimum atomic E-state index is -0.357. The third-order valence-corrected chi connectivity index (χ3v) is 7.93. The third-order valence-electron chi connectivity index (χ3n) is 6.88. The maximum atomic E-state index is 11.5. The summed E-state index contributed by atoms with van der Waals surface area (Å²) in [6, 6.07) is 38.0. The van der Waals surface area contributed by atoms with Gasteiger partial charge in [0.2, 0.25) is 0 Å². The Labute approximate surface area is 241 Å². The van der Waals surface area contributed by atoms with Crippen molar-refractivity contribution in [3.8, 4) is 38.7 Å². The average molecular weight is 693 g/mol. The van der Waals surface area contributed by atoms with Crippen molar-refractivity contribution in [2.24, 2.45) is 0 Å². The molecule has 0 fully saturated rings. The molecule has 0 amide bonds. The number of phenols is 1. The van der Waals surface area contributed by atoms with Crippen LogP contribution < -0.4 is 0 Å². The fourth-order valence-corrected chi connectivity index (χ4v) is 5.83. The number of hydrogen-bond acceptors (Lipinski definition) is 4. The van der Waals surface area contributed by atoms with E-state index < -0.39 is 0 Å². The molecule has 0 bridgehead atoms. The van der Waals surface area contributed by atoms with Crippen LogP contribution in [0.25, 0.3) is 43.2 Å². The first-order valence-electron chi connectivity index (χ1n) is 12.2. The summed E-state index contributed by atoms with van der Waals surface area (Å²) in [6.07, 6.45) is 1.79. The van der Waals surface area contributed by atoms with Crippen molar-refractivity contribution in [3.05, 3.63) is 127 Å². The summed E-state index contributed by atoms with van der Waals surface area (Å²) in [5.74, 6) is 0.278. The number of pyridine rings is 1. The molecule has 3 nitrogen and oxygen atoms in total. The SMILES string of the molecule is CC(C)(c1ccccc1)c1cccc(-c2nc3c(-c4[c-]c(-c5ccccn5)ccc4)cccc3s2)c1O.[Pt]. The third kappa shape index (κ3) is 4.71. The Bertz CT molecular complexity index is 1710. The van der Waals surface area contributed by atoms with Crippen LogP contribution in [-0.4, -0.2) is 15.1 Å². The minimum Gasteiger partial charge on any atom is -0.507 e. The van der Waals surface area contributed by atoms with Gasteiger partial charge in [-0.3, -0.25) is 4.98 Å². The van der Waals surface area contributed by atoms with Crippen LogP contribution in [0, 0.1) is 6.07 Å². The van der Waals surface area contributed by atoms with Gasteiger partial charge in [-0.25, -0.2) is 4.98 Å². The summed E-state index contributed by atoms with van der Waals surface area (Å²) >= 11 is 1.59. The van der Waals surface area contributed by atoms with Gasteiger partial charge >= 0.3 is 0 Å². The molecule has 2 aromatic heterocycles. The molecule has 0 atom stereocenters. The van der Waals surface area contributed by atoms with Crippen molar-refractivity contribution in [1.29, 1.82) is 0 Å². The Hall–Kier alpha value is -3.59. The van der Waals surface area contributed by atoms with E-state index in [1.807, 2.05) is 66.7 Å².